The van der Waals surface area contributed by atoms with Crippen molar-refractivity contribution in [1.29, 1.82) is 0 Å². The van der Waals surface area contributed by atoms with E-state index in [9.17, 15) is 0 Å². The van der Waals surface area contributed by atoms with E-state index in [1.807, 2.05) is 12.1 Å². The minimum Gasteiger partial charge on any atom is -0.381 e. The van der Waals surface area contributed by atoms with Gasteiger partial charge in [-0.05, 0) is 12.8 Å². The van der Waals surface area contributed by atoms with Gasteiger partial charge in [0.25, 0.3) is 0 Å². The van der Waals surface area contributed by atoms with Crippen LogP contribution in [0.5, 0.6) is 0 Å². The third kappa shape index (κ3) is 1.21. The number of halogens is 1. The molecule has 2 aliphatic heterocycles. The van der Waals surface area contributed by atoms with E-state index in [4.69, 9.17) is 16.3 Å². The van der Waals surface area contributed by atoms with E-state index in [1.54, 1.807) is 0 Å². The van der Waals surface area contributed by atoms with Crippen molar-refractivity contribution in [3.8, 4) is 0 Å². The predicted molar refractivity (Wildman–Crippen MR) is 48.5 cm³/mol. The first-order valence-electron chi connectivity index (χ1n) is 4.27. The van der Waals surface area contributed by atoms with Crippen LogP contribution in [0.15, 0.2) is 5.10 Å². The highest BCUT2D eigenvalue weighted by atomic mass is 35.5. The third-order valence-electron chi connectivity index (χ3n) is 2.84. The van der Waals surface area contributed by atoms with E-state index >= 15 is 0 Å². The number of rotatable bonds is 0. The molecule has 2 aliphatic rings. The Hall–Kier alpha value is -0.280. The van der Waals surface area contributed by atoms with Crippen molar-refractivity contribution in [2.24, 2.45) is 5.10 Å². The van der Waals surface area contributed by atoms with E-state index in [0.717, 1.165) is 37.6 Å². The van der Waals surface area contributed by atoms with Crippen LogP contribution in [-0.2, 0) is 4.74 Å². The fourth-order valence-electron chi connectivity index (χ4n) is 1.94. The quantitative estimate of drug-likeness (QED) is 0.575. The summed E-state index contributed by atoms with van der Waals surface area (Å²) in [6.45, 7) is 1.67. The Kier molecular flexibility index (Phi) is 2.00. The van der Waals surface area contributed by atoms with E-state index < -0.39 is 0 Å². The summed E-state index contributed by atoms with van der Waals surface area (Å²) in [7, 11) is 2.00. The molecule has 0 aromatic carbocycles. The number of hydrazone groups is 1. The van der Waals surface area contributed by atoms with Gasteiger partial charge in [-0.3, -0.25) is 5.01 Å². The predicted octanol–water partition coefficient (Wildman–Crippen LogP) is 1.42. The molecule has 4 heteroatoms. The lowest BCUT2D eigenvalue weighted by molar-refractivity contribution is -0.00453. The van der Waals surface area contributed by atoms with Crippen LogP contribution < -0.4 is 0 Å². The number of ether oxygens (including phenoxy) is 1. The van der Waals surface area contributed by atoms with Gasteiger partial charge < -0.3 is 4.74 Å². The summed E-state index contributed by atoms with van der Waals surface area (Å²) in [5.74, 6) is 0. The zero-order valence-electron chi connectivity index (χ0n) is 7.22. The second kappa shape index (κ2) is 2.89. The maximum atomic E-state index is 5.90. The van der Waals surface area contributed by atoms with Crippen molar-refractivity contribution >= 4 is 16.8 Å². The van der Waals surface area contributed by atoms with Crippen LogP contribution in [0.3, 0.4) is 0 Å². The van der Waals surface area contributed by atoms with Gasteiger partial charge in [-0.2, -0.15) is 5.10 Å². The normalized spacial score (nSPS) is 27.8. The van der Waals surface area contributed by atoms with Gasteiger partial charge in [-0.25, -0.2) is 0 Å². The molecule has 3 nitrogen and oxygen atoms in total. The van der Waals surface area contributed by atoms with Crippen LogP contribution >= 0.6 is 11.6 Å². The highest BCUT2D eigenvalue weighted by molar-refractivity contribution is 6.65. The fourth-order valence-corrected chi connectivity index (χ4v) is 2.30. The molecule has 68 valence electrons. The van der Waals surface area contributed by atoms with Gasteiger partial charge in [0.2, 0.25) is 0 Å². The second-order valence-electron chi connectivity index (χ2n) is 3.51. The monoisotopic (exact) mass is 188 g/mol. The molecule has 2 heterocycles. The first-order valence-corrected chi connectivity index (χ1v) is 4.65. The van der Waals surface area contributed by atoms with Crippen molar-refractivity contribution < 1.29 is 4.74 Å². The fraction of sp³-hybridized carbons (Fsp3) is 0.875. The second-order valence-corrected chi connectivity index (χ2v) is 3.95. The van der Waals surface area contributed by atoms with Gasteiger partial charge >= 0.3 is 0 Å². The van der Waals surface area contributed by atoms with Crippen LogP contribution in [0.4, 0.5) is 0 Å². The lowest BCUT2D eigenvalue weighted by Crippen LogP contribution is -2.45. The minimum atomic E-state index is 0.176. The van der Waals surface area contributed by atoms with Crippen LogP contribution in [0.2, 0.25) is 0 Å². The maximum absolute atomic E-state index is 5.90. The molecule has 0 unspecified atom stereocenters. The lowest BCUT2D eigenvalue weighted by atomic mass is 9.87. The summed E-state index contributed by atoms with van der Waals surface area (Å²) < 4.78 is 5.32. The lowest BCUT2D eigenvalue weighted by Gasteiger charge is -2.38. The Labute approximate surface area is 77.3 Å². The summed E-state index contributed by atoms with van der Waals surface area (Å²) >= 11 is 5.90. The molecule has 0 N–H and O–H groups in total. The van der Waals surface area contributed by atoms with Crippen molar-refractivity contribution in [1.82, 2.24) is 5.01 Å². The smallest absolute Gasteiger partial charge is 0.128 e. The number of hydrogen-bond acceptors (Lipinski definition) is 3. The summed E-state index contributed by atoms with van der Waals surface area (Å²) in [5, 5.41) is 6.97. The molecule has 0 amide bonds. The zero-order valence-corrected chi connectivity index (χ0v) is 7.97. The molecule has 0 atom stereocenters. The van der Waals surface area contributed by atoms with Crippen LogP contribution in [0.1, 0.15) is 19.3 Å². The summed E-state index contributed by atoms with van der Waals surface area (Å²) in [5.41, 5.74) is 0.176. The Balaban J connectivity index is 2.12. The molecule has 0 bridgehead atoms. The average Bonchev–Trinajstić information content (AvgIpc) is 2.29. The first kappa shape index (κ1) is 8.32. The zero-order chi connectivity index (χ0) is 8.60. The summed E-state index contributed by atoms with van der Waals surface area (Å²) in [6, 6.07) is 0. The largest absolute Gasteiger partial charge is 0.381 e. The van der Waals surface area contributed by atoms with Crippen LogP contribution in [-0.4, -0.2) is 36.0 Å². The van der Waals surface area contributed by atoms with E-state index in [-0.39, 0.29) is 5.54 Å². The summed E-state index contributed by atoms with van der Waals surface area (Å²) in [6.07, 6.45) is 2.99. The molecule has 1 spiro atoms. The third-order valence-corrected chi connectivity index (χ3v) is 3.05. The van der Waals surface area contributed by atoms with E-state index in [1.165, 1.54) is 0 Å². The van der Waals surface area contributed by atoms with Gasteiger partial charge in [0.05, 0.1) is 5.54 Å². The molecular weight excluding hydrogens is 176 g/mol. The van der Waals surface area contributed by atoms with Gasteiger partial charge in [0, 0.05) is 26.7 Å². The van der Waals surface area contributed by atoms with Crippen LogP contribution in [0, 0.1) is 0 Å². The summed E-state index contributed by atoms with van der Waals surface area (Å²) in [4.78, 5) is 0. The topological polar surface area (TPSA) is 24.8 Å². The van der Waals surface area contributed by atoms with Gasteiger partial charge in [0.15, 0.2) is 0 Å². The standard InChI is InChI=1S/C8H13ClN2O/c1-11-8(6-7(9)10-11)2-4-12-5-3-8/h2-6H2,1H3. The van der Waals surface area contributed by atoms with Gasteiger partial charge in [0.1, 0.15) is 5.17 Å². The Morgan fingerprint density at radius 2 is 2.17 bits per heavy atom. The van der Waals surface area contributed by atoms with E-state index in [2.05, 4.69) is 5.10 Å². The molecule has 12 heavy (non-hydrogen) atoms. The van der Waals surface area contributed by atoms with Crippen LogP contribution in [0.25, 0.3) is 0 Å². The van der Waals surface area contributed by atoms with Gasteiger partial charge in [-0.15, -0.1) is 0 Å². The van der Waals surface area contributed by atoms with Crippen molar-refractivity contribution in [3.05, 3.63) is 0 Å². The van der Waals surface area contributed by atoms with Crippen molar-refractivity contribution in [2.45, 2.75) is 24.8 Å². The molecule has 0 aromatic heterocycles. The first-order chi connectivity index (χ1) is 5.73. The SMILES string of the molecule is CN1N=C(Cl)CC12CCOCC2. The minimum absolute atomic E-state index is 0.176. The molecule has 0 saturated carbocycles. The van der Waals surface area contributed by atoms with E-state index in [0.29, 0.717) is 0 Å². The highest BCUT2D eigenvalue weighted by Gasteiger charge is 2.41. The average molecular weight is 189 g/mol. The molecule has 0 aliphatic carbocycles. The highest BCUT2D eigenvalue weighted by Crippen LogP contribution is 2.35. The molecule has 1 fully saturated rings. The Morgan fingerprint density at radius 3 is 2.67 bits per heavy atom. The Morgan fingerprint density at radius 1 is 1.50 bits per heavy atom. The van der Waals surface area contributed by atoms with Crippen molar-refractivity contribution in [2.75, 3.05) is 20.3 Å². The molecule has 0 aromatic rings. The van der Waals surface area contributed by atoms with Crippen molar-refractivity contribution in [3.63, 3.8) is 0 Å². The molecule has 1 saturated heterocycles. The molecular formula is C8H13ClN2O. The number of hydrogen-bond donors (Lipinski definition) is 0. The Bertz CT molecular complexity index is 211. The number of nitrogens with zero attached hydrogens (tertiary/aromatic N) is 2. The molecule has 2 rings (SSSR count). The molecule has 0 radical (unpaired) electrons. The van der Waals surface area contributed by atoms with Gasteiger partial charge in [-0.1, -0.05) is 11.6 Å². The maximum Gasteiger partial charge on any atom is 0.128 e.